The van der Waals surface area contributed by atoms with Gasteiger partial charge in [-0.15, -0.1) is 0 Å². The molecule has 2 aromatic rings. The third-order valence-corrected chi connectivity index (χ3v) is 3.97. The lowest BCUT2D eigenvalue weighted by atomic mass is 9.89. The zero-order chi connectivity index (χ0) is 16.1. The molecule has 1 N–H and O–H groups in total. The average Bonchev–Trinajstić information content (AvgIpc) is 2.62. The minimum atomic E-state index is -1.30. The van der Waals surface area contributed by atoms with Crippen LogP contribution in [0.3, 0.4) is 0 Å². The number of rotatable bonds is 5. The molecule has 0 spiro atoms. The van der Waals surface area contributed by atoms with Gasteiger partial charge < -0.3 is 9.84 Å². The van der Waals surface area contributed by atoms with Gasteiger partial charge >= 0.3 is 5.97 Å². The number of hydrogen-bond donors (Lipinski definition) is 1. The van der Waals surface area contributed by atoms with Crippen LogP contribution in [0.5, 0.6) is 0 Å². The fraction of sp³-hybridized carbons (Fsp3) is 0.150. The Bertz CT molecular complexity index is 732. The molecule has 0 aromatic heterocycles. The quantitative estimate of drug-likeness (QED) is 0.905. The molecular formula is C20H18O3. The molecule has 116 valence electrons. The van der Waals surface area contributed by atoms with Crippen LogP contribution >= 0.6 is 0 Å². The fourth-order valence-electron chi connectivity index (χ4n) is 2.58. The first-order chi connectivity index (χ1) is 11.2. The number of benzene rings is 2. The molecule has 0 fully saturated rings. The lowest BCUT2D eigenvalue weighted by Gasteiger charge is -2.28. The van der Waals surface area contributed by atoms with Crippen molar-refractivity contribution < 1.29 is 14.6 Å². The van der Waals surface area contributed by atoms with Crippen LogP contribution in [-0.2, 0) is 16.1 Å². The molecule has 23 heavy (non-hydrogen) atoms. The van der Waals surface area contributed by atoms with Gasteiger partial charge in [0.2, 0.25) is 0 Å². The first kappa shape index (κ1) is 15.3. The zero-order valence-electron chi connectivity index (χ0n) is 12.7. The summed E-state index contributed by atoms with van der Waals surface area (Å²) in [7, 11) is 0. The van der Waals surface area contributed by atoms with Crippen LogP contribution in [0.25, 0.3) is 5.57 Å². The van der Waals surface area contributed by atoms with Crippen molar-refractivity contribution in [2.24, 2.45) is 0 Å². The number of hydrogen-bond acceptors (Lipinski definition) is 2. The Morgan fingerprint density at radius 2 is 1.70 bits per heavy atom. The Morgan fingerprint density at radius 1 is 1.04 bits per heavy atom. The second kappa shape index (κ2) is 6.63. The maximum atomic E-state index is 11.7. The van der Waals surface area contributed by atoms with Crippen LogP contribution in [-0.4, -0.2) is 16.7 Å². The van der Waals surface area contributed by atoms with E-state index in [0.29, 0.717) is 6.42 Å². The minimum Gasteiger partial charge on any atom is -0.479 e. The minimum absolute atomic E-state index is 0.270. The average molecular weight is 306 g/mol. The van der Waals surface area contributed by atoms with Gasteiger partial charge in [0.25, 0.3) is 0 Å². The largest absolute Gasteiger partial charge is 0.479 e. The summed E-state index contributed by atoms with van der Waals surface area (Å²) in [4.78, 5) is 11.7. The van der Waals surface area contributed by atoms with Crippen LogP contribution in [0.2, 0.25) is 0 Å². The molecule has 1 aliphatic rings. The summed E-state index contributed by atoms with van der Waals surface area (Å²) in [6.07, 6.45) is 5.73. The van der Waals surface area contributed by atoms with Crippen molar-refractivity contribution >= 4 is 11.5 Å². The predicted molar refractivity (Wildman–Crippen MR) is 89.8 cm³/mol. The topological polar surface area (TPSA) is 46.5 Å². The van der Waals surface area contributed by atoms with Crippen molar-refractivity contribution in [1.82, 2.24) is 0 Å². The molecule has 2 aromatic carbocycles. The number of allylic oxidation sites excluding steroid dienone is 2. The second-order valence-corrected chi connectivity index (χ2v) is 5.53. The molecule has 1 aliphatic carbocycles. The molecule has 1 atom stereocenters. The van der Waals surface area contributed by atoms with E-state index in [1.54, 1.807) is 6.08 Å². The Morgan fingerprint density at radius 3 is 2.26 bits per heavy atom. The van der Waals surface area contributed by atoms with E-state index in [0.717, 1.165) is 16.7 Å². The van der Waals surface area contributed by atoms with Crippen LogP contribution in [0.15, 0.2) is 78.9 Å². The molecule has 3 heteroatoms. The van der Waals surface area contributed by atoms with Crippen molar-refractivity contribution in [3.05, 3.63) is 90.0 Å². The number of carboxylic acids is 1. The Balaban J connectivity index is 1.75. The molecule has 0 bridgehead atoms. The predicted octanol–water partition coefficient (Wildman–Crippen LogP) is 4.07. The lowest BCUT2D eigenvalue weighted by molar-refractivity contribution is -0.160. The van der Waals surface area contributed by atoms with Crippen LogP contribution in [0, 0.1) is 0 Å². The van der Waals surface area contributed by atoms with E-state index in [2.05, 4.69) is 0 Å². The summed E-state index contributed by atoms with van der Waals surface area (Å²) in [5, 5.41) is 9.62. The Kier molecular flexibility index (Phi) is 4.40. The summed E-state index contributed by atoms with van der Waals surface area (Å²) < 4.78 is 5.77. The van der Waals surface area contributed by atoms with Crippen LogP contribution in [0.1, 0.15) is 17.5 Å². The zero-order valence-corrected chi connectivity index (χ0v) is 12.7. The highest BCUT2D eigenvalue weighted by Gasteiger charge is 2.37. The second-order valence-electron chi connectivity index (χ2n) is 5.53. The molecule has 0 saturated heterocycles. The van der Waals surface area contributed by atoms with Crippen molar-refractivity contribution in [2.45, 2.75) is 18.6 Å². The molecular weight excluding hydrogens is 288 g/mol. The number of carboxylic acid groups (broad SMARTS) is 1. The van der Waals surface area contributed by atoms with E-state index in [1.165, 1.54) is 0 Å². The van der Waals surface area contributed by atoms with Gasteiger partial charge in [0, 0.05) is 6.42 Å². The highest BCUT2D eigenvalue weighted by Crippen LogP contribution is 2.30. The maximum Gasteiger partial charge on any atom is 0.340 e. The van der Waals surface area contributed by atoms with E-state index < -0.39 is 11.6 Å². The Hall–Kier alpha value is -2.65. The fourth-order valence-corrected chi connectivity index (χ4v) is 2.58. The molecule has 1 unspecified atom stereocenters. The van der Waals surface area contributed by atoms with E-state index >= 15 is 0 Å². The normalized spacial score (nSPS) is 20.1. The SMILES string of the molecule is O=C(O)C1(OCc2ccccc2)C=CC(c2ccccc2)=CC1. The van der Waals surface area contributed by atoms with Gasteiger partial charge in [0.15, 0.2) is 5.60 Å². The Labute approximate surface area is 135 Å². The smallest absolute Gasteiger partial charge is 0.340 e. The number of ether oxygens (including phenoxy) is 1. The van der Waals surface area contributed by atoms with Crippen molar-refractivity contribution in [1.29, 1.82) is 0 Å². The van der Waals surface area contributed by atoms with Crippen LogP contribution < -0.4 is 0 Å². The summed E-state index contributed by atoms with van der Waals surface area (Å²) in [5.41, 5.74) is 1.75. The molecule has 3 nitrogen and oxygen atoms in total. The van der Waals surface area contributed by atoms with Gasteiger partial charge in [0.1, 0.15) is 0 Å². The summed E-state index contributed by atoms with van der Waals surface area (Å²) >= 11 is 0. The highest BCUT2D eigenvalue weighted by atomic mass is 16.5. The third kappa shape index (κ3) is 3.41. The molecule has 0 heterocycles. The first-order valence-corrected chi connectivity index (χ1v) is 7.56. The van der Waals surface area contributed by atoms with Gasteiger partial charge in [0.05, 0.1) is 6.61 Å². The van der Waals surface area contributed by atoms with Gasteiger partial charge in [-0.1, -0.05) is 72.8 Å². The summed E-state index contributed by atoms with van der Waals surface area (Å²) in [6.45, 7) is 0.270. The van der Waals surface area contributed by atoms with Gasteiger partial charge in [-0.3, -0.25) is 0 Å². The molecule has 0 radical (unpaired) electrons. The van der Waals surface area contributed by atoms with E-state index in [1.807, 2.05) is 72.8 Å². The molecule has 3 rings (SSSR count). The van der Waals surface area contributed by atoms with Crippen molar-refractivity contribution in [3.63, 3.8) is 0 Å². The molecule has 0 saturated carbocycles. The third-order valence-electron chi connectivity index (χ3n) is 3.97. The van der Waals surface area contributed by atoms with Gasteiger partial charge in [-0.25, -0.2) is 4.79 Å². The van der Waals surface area contributed by atoms with E-state index in [-0.39, 0.29) is 6.61 Å². The van der Waals surface area contributed by atoms with Crippen molar-refractivity contribution in [2.75, 3.05) is 0 Å². The van der Waals surface area contributed by atoms with Gasteiger partial charge in [-0.2, -0.15) is 0 Å². The summed E-state index contributed by atoms with van der Waals surface area (Å²) in [6, 6.07) is 19.5. The molecule has 0 aliphatic heterocycles. The monoisotopic (exact) mass is 306 g/mol. The molecule has 0 amide bonds. The lowest BCUT2D eigenvalue weighted by Crippen LogP contribution is -2.40. The van der Waals surface area contributed by atoms with E-state index in [4.69, 9.17) is 4.74 Å². The van der Waals surface area contributed by atoms with E-state index in [9.17, 15) is 9.90 Å². The van der Waals surface area contributed by atoms with Crippen LogP contribution in [0.4, 0.5) is 0 Å². The van der Waals surface area contributed by atoms with Crippen molar-refractivity contribution in [3.8, 4) is 0 Å². The summed E-state index contributed by atoms with van der Waals surface area (Å²) in [5.74, 6) is -0.965. The maximum absolute atomic E-state index is 11.7. The highest BCUT2D eigenvalue weighted by molar-refractivity contribution is 5.85. The van der Waals surface area contributed by atoms with Gasteiger partial charge in [-0.05, 0) is 22.8 Å². The standard InChI is InChI=1S/C20H18O3/c21-19(22)20(23-15-16-7-3-1-4-8-16)13-11-18(12-14-20)17-9-5-2-6-10-17/h1-13H,14-15H2,(H,21,22). The number of aliphatic carboxylic acids is 1. The first-order valence-electron chi connectivity index (χ1n) is 7.56. The number of carbonyl (C=O) groups is 1.